The van der Waals surface area contributed by atoms with Crippen molar-refractivity contribution in [1.82, 2.24) is 9.97 Å². The first-order chi connectivity index (χ1) is 6.74. The summed E-state index contributed by atoms with van der Waals surface area (Å²) in [6.45, 7) is 4.04. The number of hydrogen-bond acceptors (Lipinski definition) is 3. The minimum absolute atomic E-state index is 0.802. The predicted octanol–water partition coefficient (Wildman–Crippen LogP) is 2.26. The molecule has 0 radical (unpaired) electrons. The number of hydrogen-bond donors (Lipinski definition) is 0. The molecule has 14 heavy (non-hydrogen) atoms. The molecular formula is C11H12N2O. The predicted molar refractivity (Wildman–Crippen MR) is 55.6 cm³/mol. The second kappa shape index (κ2) is 3.25. The Balaban J connectivity index is 2.91. The first-order valence-electron chi connectivity index (χ1n) is 4.49. The van der Waals surface area contributed by atoms with Crippen LogP contribution < -0.4 is 4.74 Å². The van der Waals surface area contributed by atoms with Gasteiger partial charge in [0.25, 0.3) is 0 Å². The van der Waals surface area contributed by atoms with Gasteiger partial charge in [0.2, 0.25) is 0 Å². The lowest BCUT2D eigenvalue weighted by molar-refractivity contribution is 0.418. The average Bonchev–Trinajstić information content (AvgIpc) is 2.18. The molecule has 0 N–H and O–H groups in total. The highest BCUT2D eigenvalue weighted by atomic mass is 16.5. The summed E-state index contributed by atoms with van der Waals surface area (Å²) in [6.07, 6.45) is 1.57. The van der Waals surface area contributed by atoms with Gasteiger partial charge in [0.15, 0.2) is 0 Å². The van der Waals surface area contributed by atoms with Crippen molar-refractivity contribution < 1.29 is 4.74 Å². The molecule has 0 saturated carbocycles. The molecule has 3 nitrogen and oxygen atoms in total. The van der Waals surface area contributed by atoms with E-state index in [2.05, 4.69) is 16.9 Å². The van der Waals surface area contributed by atoms with E-state index in [0.29, 0.717) is 0 Å². The fourth-order valence-electron chi connectivity index (χ4n) is 1.66. The van der Waals surface area contributed by atoms with Crippen LogP contribution in [0.15, 0.2) is 18.5 Å². The van der Waals surface area contributed by atoms with Crippen molar-refractivity contribution in [2.45, 2.75) is 13.8 Å². The number of benzene rings is 1. The first kappa shape index (κ1) is 8.94. The van der Waals surface area contributed by atoms with Crippen LogP contribution in [0.25, 0.3) is 10.9 Å². The lowest BCUT2D eigenvalue weighted by Crippen LogP contribution is -1.93. The number of rotatable bonds is 1. The number of nitrogens with zero attached hydrogens (tertiary/aromatic N) is 2. The van der Waals surface area contributed by atoms with E-state index in [-0.39, 0.29) is 0 Å². The van der Waals surface area contributed by atoms with Gasteiger partial charge in [-0.15, -0.1) is 0 Å². The standard InChI is InChI=1S/C11H12N2O/c1-7-4-5-9(14-3)11-10(7)8(2)12-6-13-11/h4-6H,1-3H3. The molecule has 2 aromatic rings. The average molecular weight is 188 g/mol. The number of fused-ring (bicyclic) bond motifs is 1. The Kier molecular flexibility index (Phi) is 2.08. The summed E-state index contributed by atoms with van der Waals surface area (Å²) in [5.41, 5.74) is 3.06. The second-order valence-electron chi connectivity index (χ2n) is 3.27. The maximum atomic E-state index is 5.25. The third-order valence-electron chi connectivity index (χ3n) is 2.37. The summed E-state index contributed by atoms with van der Waals surface area (Å²) in [5, 5.41) is 1.09. The zero-order valence-electron chi connectivity index (χ0n) is 8.53. The van der Waals surface area contributed by atoms with E-state index in [1.54, 1.807) is 13.4 Å². The molecule has 0 fully saturated rings. The molecule has 3 heteroatoms. The Morgan fingerprint density at radius 2 is 1.93 bits per heavy atom. The lowest BCUT2D eigenvalue weighted by atomic mass is 10.1. The molecule has 0 bridgehead atoms. The lowest BCUT2D eigenvalue weighted by Gasteiger charge is -2.07. The van der Waals surface area contributed by atoms with Crippen LogP contribution in [0.2, 0.25) is 0 Å². The highest BCUT2D eigenvalue weighted by Gasteiger charge is 2.07. The fourth-order valence-corrected chi connectivity index (χ4v) is 1.66. The third-order valence-corrected chi connectivity index (χ3v) is 2.37. The van der Waals surface area contributed by atoms with Gasteiger partial charge in [0.1, 0.15) is 17.6 Å². The topological polar surface area (TPSA) is 35.0 Å². The summed E-state index contributed by atoms with van der Waals surface area (Å²) < 4.78 is 5.25. The van der Waals surface area contributed by atoms with Gasteiger partial charge in [-0.25, -0.2) is 9.97 Å². The fraction of sp³-hybridized carbons (Fsp3) is 0.273. The van der Waals surface area contributed by atoms with Crippen LogP contribution in [0.4, 0.5) is 0 Å². The highest BCUT2D eigenvalue weighted by molar-refractivity contribution is 5.88. The summed E-state index contributed by atoms with van der Waals surface area (Å²) >= 11 is 0. The number of aromatic nitrogens is 2. The molecule has 0 unspecified atom stereocenters. The largest absolute Gasteiger partial charge is 0.494 e. The molecule has 1 aromatic heterocycles. The Labute approximate surface area is 82.8 Å². The number of methoxy groups -OCH3 is 1. The first-order valence-corrected chi connectivity index (χ1v) is 4.49. The van der Waals surface area contributed by atoms with Crippen LogP contribution in [-0.2, 0) is 0 Å². The Bertz CT molecular complexity index is 472. The van der Waals surface area contributed by atoms with Crippen molar-refractivity contribution in [2.75, 3.05) is 7.11 Å². The van der Waals surface area contributed by atoms with E-state index >= 15 is 0 Å². The molecule has 0 aliphatic carbocycles. The van der Waals surface area contributed by atoms with Crippen LogP contribution in [0, 0.1) is 13.8 Å². The van der Waals surface area contributed by atoms with E-state index in [1.807, 2.05) is 19.1 Å². The van der Waals surface area contributed by atoms with Gasteiger partial charge in [-0.05, 0) is 25.5 Å². The van der Waals surface area contributed by atoms with Crippen LogP contribution in [-0.4, -0.2) is 17.1 Å². The van der Waals surface area contributed by atoms with Crippen molar-refractivity contribution >= 4 is 10.9 Å². The van der Waals surface area contributed by atoms with E-state index in [9.17, 15) is 0 Å². The minimum Gasteiger partial charge on any atom is -0.494 e. The molecule has 0 atom stereocenters. The van der Waals surface area contributed by atoms with Gasteiger partial charge in [0.05, 0.1) is 7.11 Å². The Morgan fingerprint density at radius 1 is 1.14 bits per heavy atom. The molecule has 0 saturated heterocycles. The van der Waals surface area contributed by atoms with Gasteiger partial charge in [-0.2, -0.15) is 0 Å². The molecule has 0 amide bonds. The molecule has 72 valence electrons. The molecule has 0 spiro atoms. The smallest absolute Gasteiger partial charge is 0.145 e. The molecule has 1 aromatic carbocycles. The Morgan fingerprint density at radius 3 is 2.64 bits per heavy atom. The third kappa shape index (κ3) is 1.21. The molecular weight excluding hydrogens is 176 g/mol. The van der Waals surface area contributed by atoms with Crippen LogP contribution in [0.3, 0.4) is 0 Å². The molecule has 0 aliphatic rings. The van der Waals surface area contributed by atoms with Crippen LogP contribution in [0.5, 0.6) is 5.75 Å². The van der Waals surface area contributed by atoms with E-state index in [1.165, 1.54) is 5.56 Å². The zero-order valence-corrected chi connectivity index (χ0v) is 8.53. The summed E-state index contributed by atoms with van der Waals surface area (Å²) in [5.74, 6) is 0.802. The van der Waals surface area contributed by atoms with E-state index in [0.717, 1.165) is 22.3 Å². The Hall–Kier alpha value is -1.64. The van der Waals surface area contributed by atoms with Gasteiger partial charge >= 0.3 is 0 Å². The maximum absolute atomic E-state index is 5.25. The van der Waals surface area contributed by atoms with Crippen molar-refractivity contribution in [3.8, 4) is 5.75 Å². The van der Waals surface area contributed by atoms with Crippen LogP contribution >= 0.6 is 0 Å². The van der Waals surface area contributed by atoms with E-state index in [4.69, 9.17) is 4.74 Å². The summed E-state index contributed by atoms with van der Waals surface area (Å²) in [6, 6.07) is 3.96. The van der Waals surface area contributed by atoms with Gasteiger partial charge in [-0.1, -0.05) is 6.07 Å². The number of ether oxygens (including phenoxy) is 1. The van der Waals surface area contributed by atoms with Gasteiger partial charge in [-0.3, -0.25) is 0 Å². The van der Waals surface area contributed by atoms with Crippen molar-refractivity contribution in [3.63, 3.8) is 0 Å². The van der Waals surface area contributed by atoms with Crippen molar-refractivity contribution in [3.05, 3.63) is 29.7 Å². The van der Waals surface area contributed by atoms with Crippen molar-refractivity contribution in [2.24, 2.45) is 0 Å². The summed E-state index contributed by atoms with van der Waals surface area (Å²) in [7, 11) is 1.65. The maximum Gasteiger partial charge on any atom is 0.145 e. The van der Waals surface area contributed by atoms with Gasteiger partial charge < -0.3 is 4.74 Å². The number of aryl methyl sites for hydroxylation is 2. The zero-order chi connectivity index (χ0) is 10.1. The second-order valence-corrected chi connectivity index (χ2v) is 3.27. The van der Waals surface area contributed by atoms with Gasteiger partial charge in [0, 0.05) is 11.1 Å². The quantitative estimate of drug-likeness (QED) is 0.688. The molecule has 1 heterocycles. The molecule has 2 rings (SSSR count). The SMILES string of the molecule is COc1ccc(C)c2c(C)ncnc12. The van der Waals surface area contributed by atoms with Crippen LogP contribution in [0.1, 0.15) is 11.3 Å². The highest BCUT2D eigenvalue weighted by Crippen LogP contribution is 2.27. The van der Waals surface area contributed by atoms with Crippen molar-refractivity contribution in [1.29, 1.82) is 0 Å². The minimum atomic E-state index is 0.802. The monoisotopic (exact) mass is 188 g/mol. The van der Waals surface area contributed by atoms with E-state index < -0.39 is 0 Å². The normalized spacial score (nSPS) is 10.5. The summed E-state index contributed by atoms with van der Waals surface area (Å²) in [4.78, 5) is 8.41. The molecule has 0 aliphatic heterocycles.